The number of hydrogen-bond donors (Lipinski definition) is 2. The van der Waals surface area contributed by atoms with Crippen molar-refractivity contribution in [2.45, 2.75) is 9.79 Å². The number of hydrogen-bond acceptors (Lipinski definition) is 2. The molecule has 11 heavy (non-hydrogen) atoms. The van der Waals surface area contributed by atoms with Crippen LogP contribution in [0.5, 0.6) is 0 Å². The van der Waals surface area contributed by atoms with Gasteiger partial charge in [-0.2, -0.15) is 0 Å². The van der Waals surface area contributed by atoms with Crippen molar-refractivity contribution in [3.63, 3.8) is 0 Å². The molecule has 0 radical (unpaired) electrons. The molecule has 0 bridgehead atoms. The van der Waals surface area contributed by atoms with E-state index in [1.807, 2.05) is 0 Å². The fraction of sp³-hybridized carbons (Fsp3) is 0.250. The van der Waals surface area contributed by atoms with Gasteiger partial charge in [0.15, 0.2) is 0 Å². The Balaban J connectivity index is 2.39. The minimum absolute atomic E-state index is 0.00630. The van der Waals surface area contributed by atoms with Gasteiger partial charge in [0.05, 0.1) is 0 Å². The molecule has 0 aliphatic heterocycles. The van der Waals surface area contributed by atoms with Gasteiger partial charge in [0, 0.05) is 0 Å². The van der Waals surface area contributed by atoms with Crippen molar-refractivity contribution in [2.75, 3.05) is 0 Å². The zero-order valence-corrected chi connectivity index (χ0v) is 9.95. The van der Waals surface area contributed by atoms with Gasteiger partial charge in [-0.25, -0.2) is 0 Å². The molecule has 1 atom stereocenters. The van der Waals surface area contributed by atoms with Crippen molar-refractivity contribution >= 4 is 45.4 Å². The molecular weight excluding hydrogens is 235 g/mol. The summed E-state index contributed by atoms with van der Waals surface area (Å²) in [4.78, 5) is 0. The van der Waals surface area contributed by atoms with Crippen LogP contribution in [-0.2, 0) is 0 Å². The molecule has 0 saturated heterocycles. The van der Waals surface area contributed by atoms with Gasteiger partial charge in [-0.1, -0.05) is 0 Å². The third kappa shape index (κ3) is 4.15. The Morgan fingerprint density at radius 1 is 1.18 bits per heavy atom. The predicted octanol–water partition coefficient (Wildman–Crippen LogP) is 1.35. The van der Waals surface area contributed by atoms with Crippen molar-refractivity contribution in [3.05, 3.63) is 30.3 Å². The molecule has 0 nitrogen and oxygen atoms in total. The van der Waals surface area contributed by atoms with Gasteiger partial charge in [0.25, 0.3) is 0 Å². The fourth-order valence-electron chi connectivity index (χ4n) is 0.765. The Labute approximate surface area is 85.3 Å². The molecule has 0 fully saturated rings. The number of rotatable bonds is 3. The summed E-state index contributed by atoms with van der Waals surface area (Å²) in [5.41, 5.74) is 0. The van der Waals surface area contributed by atoms with E-state index in [1.165, 1.54) is 4.35 Å². The van der Waals surface area contributed by atoms with E-state index in [0.29, 0.717) is 0 Å². The van der Waals surface area contributed by atoms with Crippen molar-refractivity contribution in [3.8, 4) is 0 Å². The summed E-state index contributed by atoms with van der Waals surface area (Å²) in [6.45, 7) is 0. The van der Waals surface area contributed by atoms with Crippen LogP contribution in [0.15, 0.2) is 30.3 Å². The summed E-state index contributed by atoms with van der Waals surface area (Å²) in [6, 6.07) is 10.6. The zero-order chi connectivity index (χ0) is 8.10. The first kappa shape index (κ1) is 9.57. The monoisotopic (exact) mass is 246 g/mol. The first-order valence-electron chi connectivity index (χ1n) is 3.44. The summed E-state index contributed by atoms with van der Waals surface area (Å²) < 4.78 is 1.75. The second-order valence-electron chi connectivity index (χ2n) is 2.23. The van der Waals surface area contributed by atoms with E-state index < -0.39 is 0 Å². The van der Waals surface area contributed by atoms with Crippen LogP contribution in [0.2, 0.25) is 5.21 Å². The van der Waals surface area contributed by atoms with E-state index in [1.54, 1.807) is 0 Å². The van der Waals surface area contributed by atoms with Gasteiger partial charge in [0.1, 0.15) is 0 Å². The predicted molar refractivity (Wildman–Crippen MR) is 59.8 cm³/mol. The Morgan fingerprint density at radius 2 is 1.82 bits per heavy atom. The van der Waals surface area contributed by atoms with Crippen molar-refractivity contribution in [1.82, 2.24) is 0 Å². The molecule has 0 aliphatic rings. The summed E-state index contributed by atoms with van der Waals surface area (Å²) in [5.74, 6) is 0. The van der Waals surface area contributed by atoms with Crippen molar-refractivity contribution in [2.24, 2.45) is 0 Å². The molecule has 0 saturated carbocycles. The topological polar surface area (TPSA) is 0 Å². The molecule has 1 aromatic rings. The molecule has 0 spiro atoms. The van der Waals surface area contributed by atoms with Crippen LogP contribution >= 0.6 is 25.3 Å². The molecule has 60 valence electrons. The van der Waals surface area contributed by atoms with Gasteiger partial charge in [-0.3, -0.25) is 0 Å². The third-order valence-electron chi connectivity index (χ3n) is 1.26. The summed E-state index contributed by atoms with van der Waals surface area (Å²) in [5, 5.41) is 1.15. The Hall–Kier alpha value is 0.478. The quantitative estimate of drug-likeness (QED) is 0.449. The average molecular weight is 246 g/mol. The molecular formula is C8H11AsS2. The summed E-state index contributed by atoms with van der Waals surface area (Å²) in [7, 11) is 0. The van der Waals surface area contributed by atoms with Crippen molar-refractivity contribution in [1.29, 1.82) is 0 Å². The molecule has 0 aromatic heterocycles. The van der Waals surface area contributed by atoms with Crippen LogP contribution in [0.1, 0.15) is 0 Å². The van der Waals surface area contributed by atoms with Gasteiger partial charge in [-0.15, -0.1) is 0 Å². The molecule has 1 aromatic carbocycles. The van der Waals surface area contributed by atoms with Gasteiger partial charge in [-0.05, 0) is 0 Å². The molecule has 0 aliphatic carbocycles. The van der Waals surface area contributed by atoms with Crippen LogP contribution in [0.25, 0.3) is 0 Å². The summed E-state index contributed by atoms with van der Waals surface area (Å²) >= 11 is 8.45. The van der Waals surface area contributed by atoms with E-state index in [-0.39, 0.29) is 20.3 Å². The Morgan fingerprint density at radius 3 is 2.36 bits per heavy atom. The zero-order valence-electron chi connectivity index (χ0n) is 6.07. The molecule has 0 amide bonds. The van der Waals surface area contributed by atoms with Crippen molar-refractivity contribution < 1.29 is 0 Å². The molecule has 1 rings (SSSR count). The van der Waals surface area contributed by atoms with Gasteiger partial charge in [0.2, 0.25) is 0 Å². The average Bonchev–Trinajstić information content (AvgIpc) is 2.03. The second-order valence-corrected chi connectivity index (χ2v) is 6.69. The molecule has 3 heteroatoms. The Kier molecular flexibility index (Phi) is 4.51. The standard InChI is InChI=1S/C8H11AsS2/c10-8(11)6-9-7-4-2-1-3-5-7/h1-5,8-11H,6H2. The molecule has 1 unspecified atom stereocenters. The van der Waals surface area contributed by atoms with E-state index >= 15 is 0 Å². The maximum atomic E-state index is 4.22. The second kappa shape index (κ2) is 5.18. The normalized spacial score (nSPS) is 11.5. The van der Waals surface area contributed by atoms with Crippen LogP contribution < -0.4 is 4.35 Å². The third-order valence-corrected chi connectivity index (χ3v) is 5.91. The molecule has 0 N–H and O–H groups in total. The van der Waals surface area contributed by atoms with E-state index in [0.717, 1.165) is 5.21 Å². The Bertz CT molecular complexity index is 199. The molecule has 0 heterocycles. The van der Waals surface area contributed by atoms with E-state index in [2.05, 4.69) is 55.6 Å². The first-order valence-corrected chi connectivity index (χ1v) is 7.00. The van der Waals surface area contributed by atoms with E-state index in [9.17, 15) is 0 Å². The van der Waals surface area contributed by atoms with Gasteiger partial charge < -0.3 is 0 Å². The first-order chi connectivity index (χ1) is 5.29. The number of benzene rings is 1. The number of thiol groups is 2. The maximum absolute atomic E-state index is 4.22. The fourth-order valence-corrected chi connectivity index (χ4v) is 3.49. The van der Waals surface area contributed by atoms with Crippen LogP contribution in [-0.4, -0.2) is 20.3 Å². The SMILES string of the molecule is SC(S)C[AsH]c1ccccc1. The van der Waals surface area contributed by atoms with Crippen LogP contribution in [0, 0.1) is 0 Å². The van der Waals surface area contributed by atoms with Crippen LogP contribution in [0.3, 0.4) is 0 Å². The van der Waals surface area contributed by atoms with Crippen LogP contribution in [0.4, 0.5) is 0 Å². The summed E-state index contributed by atoms with van der Waals surface area (Å²) in [6.07, 6.45) is 0. The van der Waals surface area contributed by atoms with E-state index in [4.69, 9.17) is 0 Å². The van der Waals surface area contributed by atoms with Gasteiger partial charge >= 0.3 is 85.5 Å². The minimum atomic E-state index is 0.00630.